The maximum absolute atomic E-state index is 3.67. The van der Waals surface area contributed by atoms with Crippen LogP contribution in [0.4, 0.5) is 0 Å². The summed E-state index contributed by atoms with van der Waals surface area (Å²) in [7, 11) is 0. The normalized spacial score (nSPS) is 16.9. The lowest BCUT2D eigenvalue weighted by molar-refractivity contribution is 0.525. The highest BCUT2D eigenvalue weighted by molar-refractivity contribution is 7.98. The smallest absolute Gasteiger partial charge is 0.0457 e. The molecule has 29 heavy (non-hydrogen) atoms. The summed E-state index contributed by atoms with van der Waals surface area (Å²) in [6.07, 6.45) is 10.6. The van der Waals surface area contributed by atoms with Crippen LogP contribution in [0.15, 0.2) is 60.8 Å². The molecule has 3 aromatic rings. The van der Waals surface area contributed by atoms with E-state index in [0.29, 0.717) is 6.04 Å². The average molecular weight is 405 g/mol. The second kappa shape index (κ2) is 10.2. The van der Waals surface area contributed by atoms with E-state index in [1.54, 1.807) is 0 Å². The van der Waals surface area contributed by atoms with Crippen LogP contribution in [0, 0.1) is 0 Å². The number of aryl methyl sites for hydroxylation is 1. The Hall–Kier alpha value is -1.97. The number of hydrogen-bond acceptors (Lipinski definition) is 2. The Kier molecular flexibility index (Phi) is 7.13. The van der Waals surface area contributed by atoms with E-state index in [1.165, 1.54) is 64.6 Å². The molecule has 2 aromatic carbocycles. The first kappa shape index (κ1) is 20.3. The molecule has 1 aliphatic rings. The maximum Gasteiger partial charge on any atom is 0.0457 e. The van der Waals surface area contributed by atoms with Crippen LogP contribution in [0.2, 0.25) is 0 Å². The molecule has 0 saturated heterocycles. The molecule has 1 atom stereocenters. The molecule has 2 nitrogen and oxygen atoms in total. The van der Waals surface area contributed by atoms with Crippen molar-refractivity contribution in [3.8, 4) is 0 Å². The van der Waals surface area contributed by atoms with Gasteiger partial charge in [0, 0.05) is 35.4 Å². The van der Waals surface area contributed by atoms with Crippen molar-refractivity contribution in [1.29, 1.82) is 0 Å². The summed E-state index contributed by atoms with van der Waals surface area (Å²) in [5.74, 6) is 2.28. The first-order valence-corrected chi connectivity index (χ1v) is 12.1. The molecule has 1 unspecified atom stereocenters. The topological polar surface area (TPSA) is 27.8 Å². The van der Waals surface area contributed by atoms with E-state index in [-0.39, 0.29) is 0 Å². The summed E-state index contributed by atoms with van der Waals surface area (Å²) in [6.45, 7) is 3.25. The summed E-state index contributed by atoms with van der Waals surface area (Å²) < 4.78 is 0. The standard InChI is InChI=1S/C26H32N2S/c1-2-3-7-20-10-11-26-25(16-20)23(18-28-26)19-29-15-13-24-17-22(12-14-27-24)21-8-5-4-6-9-21/h4-6,8-12,16,18,24,27-28H,2-3,7,13-15,17,19H2,1H3. The second-order valence-electron chi connectivity index (χ2n) is 8.04. The molecule has 0 saturated carbocycles. The Morgan fingerprint density at radius 3 is 2.86 bits per heavy atom. The molecule has 1 aliphatic heterocycles. The van der Waals surface area contributed by atoms with Gasteiger partial charge in [-0.05, 0) is 65.8 Å². The van der Waals surface area contributed by atoms with Crippen molar-refractivity contribution in [1.82, 2.24) is 10.3 Å². The van der Waals surface area contributed by atoms with Crippen molar-refractivity contribution < 1.29 is 0 Å². The molecule has 2 N–H and O–H groups in total. The van der Waals surface area contributed by atoms with Gasteiger partial charge in [-0.1, -0.05) is 55.8 Å². The fourth-order valence-corrected chi connectivity index (χ4v) is 5.21. The van der Waals surface area contributed by atoms with E-state index in [1.807, 2.05) is 0 Å². The van der Waals surface area contributed by atoms with E-state index < -0.39 is 0 Å². The van der Waals surface area contributed by atoms with Crippen molar-refractivity contribution in [2.45, 2.75) is 50.8 Å². The number of benzene rings is 2. The number of aromatic amines is 1. The second-order valence-corrected chi connectivity index (χ2v) is 9.15. The maximum atomic E-state index is 3.67. The van der Waals surface area contributed by atoms with Crippen molar-refractivity contribution in [2.75, 3.05) is 12.3 Å². The first-order valence-electron chi connectivity index (χ1n) is 11.0. The molecule has 2 heterocycles. The first-order chi connectivity index (χ1) is 14.3. The Labute approximate surface area is 179 Å². The summed E-state index contributed by atoms with van der Waals surface area (Å²) in [5, 5.41) is 5.09. The van der Waals surface area contributed by atoms with Gasteiger partial charge in [-0.25, -0.2) is 0 Å². The highest BCUT2D eigenvalue weighted by Crippen LogP contribution is 2.27. The lowest BCUT2D eigenvalue weighted by Gasteiger charge is -2.24. The third-order valence-electron chi connectivity index (χ3n) is 5.88. The third kappa shape index (κ3) is 5.34. The minimum atomic E-state index is 0.589. The van der Waals surface area contributed by atoms with Gasteiger partial charge in [-0.3, -0.25) is 0 Å². The molecular formula is C26H32N2S. The van der Waals surface area contributed by atoms with Crippen LogP contribution in [0.5, 0.6) is 0 Å². The summed E-state index contributed by atoms with van der Waals surface area (Å²) in [4.78, 5) is 3.45. The molecule has 0 fully saturated rings. The number of thioether (sulfide) groups is 1. The van der Waals surface area contributed by atoms with Crippen LogP contribution >= 0.6 is 11.8 Å². The lowest BCUT2D eigenvalue weighted by Crippen LogP contribution is -2.33. The molecule has 0 radical (unpaired) electrons. The van der Waals surface area contributed by atoms with Gasteiger partial charge in [0.25, 0.3) is 0 Å². The molecule has 0 bridgehead atoms. The molecule has 0 amide bonds. The van der Waals surface area contributed by atoms with Crippen molar-refractivity contribution in [2.24, 2.45) is 0 Å². The van der Waals surface area contributed by atoms with Crippen LogP contribution in [-0.4, -0.2) is 23.3 Å². The molecule has 0 aliphatic carbocycles. The fraction of sp³-hybridized carbons (Fsp3) is 0.385. The van der Waals surface area contributed by atoms with Gasteiger partial charge in [-0.2, -0.15) is 11.8 Å². The molecule has 0 spiro atoms. The largest absolute Gasteiger partial charge is 0.361 e. The molecule has 3 heteroatoms. The Morgan fingerprint density at radius 2 is 2.00 bits per heavy atom. The Morgan fingerprint density at radius 1 is 1.10 bits per heavy atom. The number of rotatable bonds is 9. The number of fused-ring (bicyclic) bond motifs is 1. The number of H-pyrrole nitrogens is 1. The lowest BCUT2D eigenvalue weighted by atomic mass is 9.94. The van der Waals surface area contributed by atoms with E-state index in [0.717, 1.165) is 18.7 Å². The van der Waals surface area contributed by atoms with Crippen LogP contribution in [0.1, 0.15) is 49.3 Å². The zero-order valence-corrected chi connectivity index (χ0v) is 18.2. The van der Waals surface area contributed by atoms with Crippen LogP contribution in [0.3, 0.4) is 0 Å². The quantitative estimate of drug-likeness (QED) is 0.394. The van der Waals surface area contributed by atoms with E-state index in [4.69, 9.17) is 0 Å². The number of nitrogens with one attached hydrogen (secondary N) is 2. The third-order valence-corrected chi connectivity index (χ3v) is 6.92. The van der Waals surface area contributed by atoms with Gasteiger partial charge >= 0.3 is 0 Å². The molecular weight excluding hydrogens is 372 g/mol. The fourth-order valence-electron chi connectivity index (χ4n) is 4.15. The highest BCUT2D eigenvalue weighted by Gasteiger charge is 2.15. The molecule has 152 valence electrons. The summed E-state index contributed by atoms with van der Waals surface area (Å²) >= 11 is 2.06. The zero-order chi connectivity index (χ0) is 19.9. The Balaban J connectivity index is 1.28. The molecule has 4 rings (SSSR count). The number of aromatic nitrogens is 1. The minimum absolute atomic E-state index is 0.589. The zero-order valence-electron chi connectivity index (χ0n) is 17.4. The van der Waals surface area contributed by atoms with Crippen molar-refractivity contribution in [3.63, 3.8) is 0 Å². The SMILES string of the molecule is CCCCc1ccc2[nH]cc(CSCCC3CC(c4ccccc4)=CCN3)c2c1. The summed E-state index contributed by atoms with van der Waals surface area (Å²) in [5.41, 5.74) is 7.06. The van der Waals surface area contributed by atoms with E-state index in [2.05, 4.69) is 89.8 Å². The van der Waals surface area contributed by atoms with Gasteiger partial charge in [0.05, 0.1) is 0 Å². The van der Waals surface area contributed by atoms with Crippen molar-refractivity contribution >= 4 is 28.2 Å². The molecule has 1 aromatic heterocycles. The predicted molar refractivity (Wildman–Crippen MR) is 129 cm³/mol. The highest BCUT2D eigenvalue weighted by atomic mass is 32.2. The average Bonchev–Trinajstić information content (AvgIpc) is 3.18. The minimum Gasteiger partial charge on any atom is -0.361 e. The number of hydrogen-bond donors (Lipinski definition) is 2. The van der Waals surface area contributed by atoms with Gasteiger partial charge in [0.2, 0.25) is 0 Å². The number of unbranched alkanes of at least 4 members (excludes halogenated alkanes) is 1. The van der Waals surface area contributed by atoms with E-state index in [9.17, 15) is 0 Å². The van der Waals surface area contributed by atoms with Gasteiger partial charge < -0.3 is 10.3 Å². The van der Waals surface area contributed by atoms with E-state index >= 15 is 0 Å². The van der Waals surface area contributed by atoms with Crippen molar-refractivity contribution in [3.05, 3.63) is 77.5 Å². The van der Waals surface area contributed by atoms with Crippen LogP contribution in [0.25, 0.3) is 16.5 Å². The van der Waals surface area contributed by atoms with Gasteiger partial charge in [-0.15, -0.1) is 0 Å². The Bertz CT molecular complexity index is 942. The van der Waals surface area contributed by atoms with Crippen LogP contribution < -0.4 is 5.32 Å². The predicted octanol–water partition coefficient (Wildman–Crippen LogP) is 6.58. The monoisotopic (exact) mass is 404 g/mol. The summed E-state index contributed by atoms with van der Waals surface area (Å²) in [6, 6.07) is 18.3. The van der Waals surface area contributed by atoms with Crippen LogP contribution in [-0.2, 0) is 12.2 Å². The van der Waals surface area contributed by atoms with Gasteiger partial charge in [0.1, 0.15) is 0 Å². The van der Waals surface area contributed by atoms with Gasteiger partial charge in [0.15, 0.2) is 0 Å².